The number of aryl methyl sites for hydroxylation is 1. The molecule has 0 unspecified atom stereocenters. The van der Waals surface area contributed by atoms with Gasteiger partial charge in [0.25, 0.3) is 5.56 Å². The van der Waals surface area contributed by atoms with Gasteiger partial charge in [0.15, 0.2) is 5.84 Å². The van der Waals surface area contributed by atoms with Crippen molar-refractivity contribution in [2.45, 2.75) is 18.4 Å². The SMILES string of the molecule is CSc1ccc(-n2c(-c3ccc(C)cc3)cc(=O)n(C/C(N)=N\O)c2=O)cc1. The highest BCUT2D eigenvalue weighted by Gasteiger charge is 2.15. The monoisotopic (exact) mass is 396 g/mol. The van der Waals surface area contributed by atoms with Gasteiger partial charge < -0.3 is 10.9 Å². The number of aromatic nitrogens is 2. The topological polar surface area (TPSA) is 103 Å². The molecule has 0 fully saturated rings. The van der Waals surface area contributed by atoms with E-state index < -0.39 is 11.2 Å². The molecule has 1 aromatic heterocycles. The summed E-state index contributed by atoms with van der Waals surface area (Å²) in [6.07, 6.45) is 1.97. The van der Waals surface area contributed by atoms with Crippen LogP contribution in [-0.4, -0.2) is 26.4 Å². The number of benzene rings is 2. The number of oxime groups is 1. The molecule has 3 N–H and O–H groups in total. The smallest absolute Gasteiger partial charge is 0.336 e. The molecule has 28 heavy (non-hydrogen) atoms. The van der Waals surface area contributed by atoms with Crippen molar-refractivity contribution in [1.82, 2.24) is 9.13 Å². The Bertz CT molecular complexity index is 1130. The van der Waals surface area contributed by atoms with Crippen molar-refractivity contribution in [2.75, 3.05) is 6.26 Å². The van der Waals surface area contributed by atoms with Crippen molar-refractivity contribution in [3.8, 4) is 16.9 Å². The fourth-order valence-electron chi connectivity index (χ4n) is 2.83. The molecule has 144 valence electrons. The van der Waals surface area contributed by atoms with Gasteiger partial charge in [-0.3, -0.25) is 13.9 Å². The van der Waals surface area contributed by atoms with E-state index in [2.05, 4.69) is 5.16 Å². The van der Waals surface area contributed by atoms with Gasteiger partial charge in [-0.2, -0.15) is 0 Å². The lowest BCUT2D eigenvalue weighted by Gasteiger charge is -2.16. The predicted molar refractivity (Wildman–Crippen MR) is 112 cm³/mol. The van der Waals surface area contributed by atoms with Crippen molar-refractivity contribution >= 4 is 17.6 Å². The summed E-state index contributed by atoms with van der Waals surface area (Å²) in [5.41, 5.74) is 7.34. The Kier molecular flexibility index (Phi) is 5.70. The van der Waals surface area contributed by atoms with E-state index in [0.717, 1.165) is 20.6 Å². The second-order valence-electron chi connectivity index (χ2n) is 6.23. The quantitative estimate of drug-likeness (QED) is 0.227. The minimum absolute atomic E-state index is 0.230. The highest BCUT2D eigenvalue weighted by atomic mass is 32.2. The lowest BCUT2D eigenvalue weighted by molar-refractivity contribution is 0.316. The van der Waals surface area contributed by atoms with Crippen LogP contribution in [-0.2, 0) is 6.54 Å². The van der Waals surface area contributed by atoms with Crippen LogP contribution in [0.5, 0.6) is 0 Å². The van der Waals surface area contributed by atoms with Crippen molar-refractivity contribution in [3.05, 3.63) is 81.0 Å². The van der Waals surface area contributed by atoms with Gasteiger partial charge in [-0.15, -0.1) is 11.8 Å². The zero-order chi connectivity index (χ0) is 20.3. The van der Waals surface area contributed by atoms with Crippen molar-refractivity contribution < 1.29 is 5.21 Å². The van der Waals surface area contributed by atoms with Crippen LogP contribution in [0.25, 0.3) is 16.9 Å². The molecule has 2 aromatic carbocycles. The molecule has 0 aliphatic rings. The summed E-state index contributed by atoms with van der Waals surface area (Å²) in [7, 11) is 0. The highest BCUT2D eigenvalue weighted by molar-refractivity contribution is 7.98. The number of thioether (sulfide) groups is 1. The van der Waals surface area contributed by atoms with Crippen LogP contribution in [0.4, 0.5) is 0 Å². The van der Waals surface area contributed by atoms with Crippen molar-refractivity contribution in [2.24, 2.45) is 10.9 Å². The maximum atomic E-state index is 13.2. The molecule has 0 atom stereocenters. The van der Waals surface area contributed by atoms with E-state index in [4.69, 9.17) is 10.9 Å². The second kappa shape index (κ2) is 8.18. The fourth-order valence-corrected chi connectivity index (χ4v) is 3.24. The third-order valence-electron chi connectivity index (χ3n) is 4.32. The summed E-state index contributed by atoms with van der Waals surface area (Å²) in [5, 5.41) is 11.7. The first kappa shape index (κ1) is 19.5. The lowest BCUT2D eigenvalue weighted by Crippen LogP contribution is -2.42. The van der Waals surface area contributed by atoms with E-state index in [1.807, 2.05) is 61.7 Å². The van der Waals surface area contributed by atoms with Gasteiger partial charge in [0.2, 0.25) is 0 Å². The van der Waals surface area contributed by atoms with Gasteiger partial charge in [-0.05, 0) is 43.0 Å². The van der Waals surface area contributed by atoms with Gasteiger partial charge >= 0.3 is 5.69 Å². The van der Waals surface area contributed by atoms with Crippen LogP contribution in [0.1, 0.15) is 5.56 Å². The minimum atomic E-state index is -0.563. The molecule has 0 aliphatic heterocycles. The molecule has 0 amide bonds. The number of hydrogen-bond donors (Lipinski definition) is 2. The molecule has 1 heterocycles. The Hall–Kier alpha value is -3.26. The Balaban J connectivity index is 2.30. The summed E-state index contributed by atoms with van der Waals surface area (Å²) in [4.78, 5) is 26.8. The molecule has 3 aromatic rings. The maximum absolute atomic E-state index is 13.2. The number of nitrogens with zero attached hydrogens (tertiary/aromatic N) is 3. The van der Waals surface area contributed by atoms with Crippen molar-refractivity contribution in [3.63, 3.8) is 0 Å². The Morgan fingerprint density at radius 2 is 1.75 bits per heavy atom. The van der Waals surface area contributed by atoms with E-state index >= 15 is 0 Å². The summed E-state index contributed by atoms with van der Waals surface area (Å²) in [6.45, 7) is 1.66. The van der Waals surface area contributed by atoms with E-state index in [-0.39, 0.29) is 12.4 Å². The summed E-state index contributed by atoms with van der Waals surface area (Å²) >= 11 is 1.59. The van der Waals surface area contributed by atoms with Crippen LogP contribution >= 0.6 is 11.8 Å². The van der Waals surface area contributed by atoms with Gasteiger partial charge in [0.1, 0.15) is 0 Å². The van der Waals surface area contributed by atoms with E-state index in [1.165, 1.54) is 10.6 Å². The second-order valence-corrected chi connectivity index (χ2v) is 7.11. The number of hydrogen-bond acceptors (Lipinski definition) is 5. The molecule has 3 rings (SSSR count). The van der Waals surface area contributed by atoms with Crippen LogP contribution in [0.15, 0.2) is 74.2 Å². The molecule has 0 radical (unpaired) electrons. The third kappa shape index (κ3) is 3.86. The van der Waals surface area contributed by atoms with Crippen LogP contribution < -0.4 is 17.0 Å². The lowest BCUT2D eigenvalue weighted by atomic mass is 10.1. The first-order valence-electron chi connectivity index (χ1n) is 8.49. The molecule has 8 heteroatoms. The molecule has 0 spiro atoms. The Morgan fingerprint density at radius 1 is 1.11 bits per heavy atom. The molecule has 0 aliphatic carbocycles. The standard InChI is InChI=1S/C20H20N4O3S/c1-13-3-5-14(6-4-13)17-11-19(25)23(12-18(21)22-27)20(26)24(17)15-7-9-16(28-2)10-8-15/h3-11,27H,12H2,1-2H3,(H2,21,22). The summed E-state index contributed by atoms with van der Waals surface area (Å²) in [5.74, 6) is -0.230. The number of amidine groups is 1. The van der Waals surface area contributed by atoms with Gasteiger partial charge in [-0.25, -0.2) is 4.79 Å². The third-order valence-corrected chi connectivity index (χ3v) is 5.06. The Labute approximate surface area is 165 Å². The molecule has 0 bridgehead atoms. The van der Waals surface area contributed by atoms with Crippen molar-refractivity contribution in [1.29, 1.82) is 0 Å². The highest BCUT2D eigenvalue weighted by Crippen LogP contribution is 2.22. The van der Waals surface area contributed by atoms with Gasteiger partial charge in [-0.1, -0.05) is 35.0 Å². The van der Waals surface area contributed by atoms with Crippen LogP contribution in [0, 0.1) is 6.92 Å². The average molecular weight is 396 g/mol. The minimum Gasteiger partial charge on any atom is -0.409 e. The van der Waals surface area contributed by atoms with E-state index in [1.54, 1.807) is 11.8 Å². The van der Waals surface area contributed by atoms with Gasteiger partial charge in [0.05, 0.1) is 17.9 Å². The Morgan fingerprint density at radius 3 is 2.32 bits per heavy atom. The molecule has 0 saturated heterocycles. The zero-order valence-electron chi connectivity index (χ0n) is 15.5. The molecule has 0 saturated carbocycles. The zero-order valence-corrected chi connectivity index (χ0v) is 16.3. The molecular weight excluding hydrogens is 376 g/mol. The largest absolute Gasteiger partial charge is 0.409 e. The maximum Gasteiger partial charge on any atom is 0.336 e. The fraction of sp³-hybridized carbons (Fsp3) is 0.150. The number of rotatable bonds is 5. The van der Waals surface area contributed by atoms with E-state index in [9.17, 15) is 9.59 Å². The predicted octanol–water partition coefficient (Wildman–Crippen LogP) is 2.44. The average Bonchev–Trinajstić information content (AvgIpc) is 2.71. The summed E-state index contributed by atoms with van der Waals surface area (Å²) in [6, 6.07) is 16.4. The van der Waals surface area contributed by atoms with Crippen LogP contribution in [0.3, 0.4) is 0 Å². The number of nitrogens with two attached hydrogens (primary N) is 1. The first-order chi connectivity index (χ1) is 13.4. The van der Waals surface area contributed by atoms with Gasteiger partial charge in [0, 0.05) is 11.0 Å². The van der Waals surface area contributed by atoms with E-state index in [0.29, 0.717) is 11.4 Å². The molecule has 7 nitrogen and oxygen atoms in total. The molecular formula is C20H20N4O3S. The summed E-state index contributed by atoms with van der Waals surface area (Å²) < 4.78 is 2.40. The normalized spacial score (nSPS) is 11.6. The van der Waals surface area contributed by atoms with Crippen LogP contribution in [0.2, 0.25) is 0 Å². The first-order valence-corrected chi connectivity index (χ1v) is 9.72.